The van der Waals surface area contributed by atoms with Gasteiger partial charge in [-0.3, -0.25) is 4.90 Å². The first kappa shape index (κ1) is 21.3. The minimum Gasteiger partial charge on any atom is -0.487 e. The number of hydrogen-bond donors (Lipinski definition) is 1. The molecule has 0 aromatic heterocycles. The van der Waals surface area contributed by atoms with E-state index >= 15 is 0 Å². The van der Waals surface area contributed by atoms with Crippen molar-refractivity contribution in [3.05, 3.63) is 59.7 Å². The fourth-order valence-electron chi connectivity index (χ4n) is 5.57. The average Bonchev–Trinajstić information content (AvgIpc) is 2.77. The number of rotatable bonds is 5. The first-order valence-electron chi connectivity index (χ1n) is 11.5. The van der Waals surface area contributed by atoms with Crippen molar-refractivity contribution in [2.75, 3.05) is 19.7 Å². The van der Waals surface area contributed by atoms with Gasteiger partial charge in [-0.15, -0.1) is 0 Å². The summed E-state index contributed by atoms with van der Waals surface area (Å²) in [6.07, 6.45) is 2.55. The fraction of sp³-hybridized carbons (Fsp3) is 0.500. The maximum atomic E-state index is 10.7. The summed E-state index contributed by atoms with van der Waals surface area (Å²) >= 11 is 0. The molecule has 2 aromatic carbocycles. The number of fused-ring (bicyclic) bond motifs is 4. The SMILES string of the molecule is CC1(C)Oc2ccccc2[C@@H]2O[C@@H]3CCN(Cc4ccc(OCC(=O)O)cc4)C[C@H]3C[C@H]21. The quantitative estimate of drug-likeness (QED) is 0.753. The monoisotopic (exact) mass is 437 g/mol. The lowest BCUT2D eigenvalue weighted by Crippen LogP contribution is -2.55. The highest BCUT2D eigenvalue weighted by atomic mass is 16.5. The molecule has 4 atom stereocenters. The number of carboxylic acid groups (broad SMARTS) is 1. The molecule has 0 bridgehead atoms. The minimum atomic E-state index is -0.969. The molecule has 0 aliphatic carbocycles. The summed E-state index contributed by atoms with van der Waals surface area (Å²) < 4.78 is 18.4. The average molecular weight is 438 g/mol. The summed E-state index contributed by atoms with van der Waals surface area (Å²) in [5.74, 6) is 1.41. The highest BCUT2D eigenvalue weighted by Gasteiger charge is 2.51. The molecule has 3 aliphatic rings. The number of piperidine rings is 1. The molecule has 6 heteroatoms. The minimum absolute atomic E-state index is 0.112. The van der Waals surface area contributed by atoms with Gasteiger partial charge in [-0.1, -0.05) is 30.3 Å². The van der Waals surface area contributed by atoms with Gasteiger partial charge in [0.25, 0.3) is 0 Å². The number of benzene rings is 2. The summed E-state index contributed by atoms with van der Waals surface area (Å²) in [6.45, 7) is 6.97. The summed E-state index contributed by atoms with van der Waals surface area (Å²) in [6, 6.07) is 16.1. The normalized spacial score (nSPS) is 28.6. The van der Waals surface area contributed by atoms with Crippen LogP contribution in [0.2, 0.25) is 0 Å². The van der Waals surface area contributed by atoms with Crippen LogP contribution in [-0.4, -0.2) is 47.4 Å². The number of hydrogen-bond acceptors (Lipinski definition) is 5. The molecule has 170 valence electrons. The van der Waals surface area contributed by atoms with Crippen molar-refractivity contribution in [3.8, 4) is 11.5 Å². The van der Waals surface area contributed by atoms with Crippen molar-refractivity contribution in [3.63, 3.8) is 0 Å². The van der Waals surface area contributed by atoms with Gasteiger partial charge in [0, 0.05) is 31.1 Å². The summed E-state index contributed by atoms with van der Waals surface area (Å²) in [5, 5.41) is 8.74. The van der Waals surface area contributed by atoms with Crippen LogP contribution in [0.4, 0.5) is 0 Å². The Balaban J connectivity index is 1.24. The van der Waals surface area contributed by atoms with Gasteiger partial charge in [-0.2, -0.15) is 0 Å². The van der Waals surface area contributed by atoms with Crippen LogP contribution in [0.25, 0.3) is 0 Å². The molecular formula is C26H31NO5. The zero-order valence-corrected chi connectivity index (χ0v) is 18.7. The molecule has 2 aromatic rings. The van der Waals surface area contributed by atoms with Gasteiger partial charge in [-0.05, 0) is 56.4 Å². The van der Waals surface area contributed by atoms with Gasteiger partial charge in [0.15, 0.2) is 6.61 Å². The van der Waals surface area contributed by atoms with Gasteiger partial charge < -0.3 is 19.3 Å². The Bertz CT molecular complexity index is 972. The summed E-state index contributed by atoms with van der Waals surface area (Å²) in [7, 11) is 0. The zero-order chi connectivity index (χ0) is 22.3. The van der Waals surface area contributed by atoms with Crippen LogP contribution in [0.15, 0.2) is 48.5 Å². The van der Waals surface area contributed by atoms with E-state index in [9.17, 15) is 4.79 Å². The number of aliphatic carboxylic acids is 1. The molecule has 3 aliphatic heterocycles. The highest BCUT2D eigenvalue weighted by Crippen LogP contribution is 2.52. The molecule has 2 fully saturated rings. The second-order valence-electron chi connectivity index (χ2n) is 9.79. The Kier molecular flexibility index (Phi) is 5.59. The van der Waals surface area contributed by atoms with E-state index in [2.05, 4.69) is 36.9 Å². The Morgan fingerprint density at radius 2 is 1.97 bits per heavy atom. The van der Waals surface area contributed by atoms with Crippen LogP contribution in [-0.2, 0) is 16.1 Å². The lowest BCUT2D eigenvalue weighted by molar-refractivity contribution is -0.187. The van der Waals surface area contributed by atoms with E-state index in [-0.39, 0.29) is 18.3 Å². The molecular weight excluding hydrogens is 406 g/mol. The van der Waals surface area contributed by atoms with Crippen molar-refractivity contribution in [2.24, 2.45) is 11.8 Å². The Hall–Kier alpha value is -2.57. The van der Waals surface area contributed by atoms with Gasteiger partial charge in [0.05, 0.1) is 12.2 Å². The molecule has 0 amide bonds. The smallest absolute Gasteiger partial charge is 0.341 e. The Labute approximate surface area is 189 Å². The van der Waals surface area contributed by atoms with E-state index in [4.69, 9.17) is 19.3 Å². The third-order valence-electron chi connectivity index (χ3n) is 7.18. The lowest BCUT2D eigenvalue weighted by atomic mass is 9.70. The van der Waals surface area contributed by atoms with Crippen molar-refractivity contribution in [2.45, 2.75) is 51.0 Å². The highest BCUT2D eigenvalue weighted by molar-refractivity contribution is 5.68. The van der Waals surface area contributed by atoms with Crippen LogP contribution < -0.4 is 9.47 Å². The molecule has 0 unspecified atom stereocenters. The van der Waals surface area contributed by atoms with E-state index in [0.29, 0.717) is 23.7 Å². The van der Waals surface area contributed by atoms with E-state index in [0.717, 1.165) is 38.2 Å². The van der Waals surface area contributed by atoms with Crippen LogP contribution in [0.5, 0.6) is 11.5 Å². The third-order valence-corrected chi connectivity index (χ3v) is 7.18. The standard InChI is InChI=1S/C26H31NO5/c1-26(2)21-13-18-15-27(14-17-7-9-19(10-8-17)30-16-24(28)29)12-11-22(18)31-25(21)20-5-3-4-6-23(20)32-26/h3-10,18,21-22,25H,11-16H2,1-2H3,(H,28,29)/t18-,21-,22-,25+/m1/s1. The van der Waals surface area contributed by atoms with Crippen molar-refractivity contribution in [1.29, 1.82) is 0 Å². The molecule has 0 radical (unpaired) electrons. The molecule has 5 rings (SSSR count). The molecule has 2 saturated heterocycles. The number of likely N-dealkylation sites (tertiary alicyclic amines) is 1. The number of ether oxygens (including phenoxy) is 3. The first-order valence-corrected chi connectivity index (χ1v) is 11.5. The van der Waals surface area contributed by atoms with Crippen LogP contribution in [0, 0.1) is 11.8 Å². The number of carboxylic acids is 1. The topological polar surface area (TPSA) is 68.2 Å². The Morgan fingerprint density at radius 1 is 1.19 bits per heavy atom. The molecule has 32 heavy (non-hydrogen) atoms. The third kappa shape index (κ3) is 4.21. The number of para-hydroxylation sites is 1. The zero-order valence-electron chi connectivity index (χ0n) is 18.7. The molecule has 6 nitrogen and oxygen atoms in total. The molecule has 1 N–H and O–H groups in total. The van der Waals surface area contributed by atoms with E-state index in [1.165, 1.54) is 11.1 Å². The molecule has 3 heterocycles. The maximum Gasteiger partial charge on any atom is 0.341 e. The van der Waals surface area contributed by atoms with Gasteiger partial charge in [0.2, 0.25) is 0 Å². The maximum absolute atomic E-state index is 10.7. The molecule has 0 spiro atoms. The number of carbonyl (C=O) groups is 1. The van der Waals surface area contributed by atoms with Crippen molar-refractivity contribution in [1.82, 2.24) is 4.90 Å². The van der Waals surface area contributed by atoms with Crippen LogP contribution in [0.1, 0.15) is 43.9 Å². The fourth-order valence-corrected chi connectivity index (χ4v) is 5.57. The van der Waals surface area contributed by atoms with E-state index in [1.54, 1.807) is 0 Å². The number of nitrogens with zero attached hydrogens (tertiary/aromatic N) is 1. The van der Waals surface area contributed by atoms with Crippen molar-refractivity contribution < 1.29 is 24.1 Å². The predicted molar refractivity (Wildman–Crippen MR) is 120 cm³/mol. The second-order valence-corrected chi connectivity index (χ2v) is 9.79. The lowest BCUT2D eigenvalue weighted by Gasteiger charge is -2.53. The first-order chi connectivity index (χ1) is 15.4. The summed E-state index contributed by atoms with van der Waals surface area (Å²) in [5.41, 5.74) is 2.15. The van der Waals surface area contributed by atoms with Crippen LogP contribution >= 0.6 is 0 Å². The predicted octanol–water partition coefficient (Wildman–Crippen LogP) is 4.29. The molecule has 0 saturated carbocycles. The Morgan fingerprint density at radius 3 is 2.75 bits per heavy atom. The van der Waals surface area contributed by atoms with Crippen LogP contribution in [0.3, 0.4) is 0 Å². The van der Waals surface area contributed by atoms with Gasteiger partial charge in [-0.25, -0.2) is 4.79 Å². The van der Waals surface area contributed by atoms with Crippen molar-refractivity contribution >= 4 is 5.97 Å². The van der Waals surface area contributed by atoms with E-state index < -0.39 is 5.97 Å². The second kappa shape index (κ2) is 8.41. The van der Waals surface area contributed by atoms with Gasteiger partial charge in [0.1, 0.15) is 17.1 Å². The van der Waals surface area contributed by atoms with E-state index in [1.807, 2.05) is 30.3 Å². The van der Waals surface area contributed by atoms with Gasteiger partial charge >= 0.3 is 5.97 Å². The largest absolute Gasteiger partial charge is 0.487 e. The summed E-state index contributed by atoms with van der Waals surface area (Å²) in [4.78, 5) is 13.2.